The number of nitrogens with one attached hydrogen (secondary N) is 1. The van der Waals surface area contributed by atoms with E-state index >= 15 is 0 Å². The van der Waals surface area contributed by atoms with Crippen LogP contribution in [0.2, 0.25) is 0 Å². The molecule has 4 heteroatoms. The molecule has 1 N–H and O–H groups in total. The van der Waals surface area contributed by atoms with E-state index in [2.05, 4.69) is 16.3 Å². The second-order valence-electron chi connectivity index (χ2n) is 5.91. The third-order valence-corrected chi connectivity index (χ3v) is 2.79. The lowest BCUT2D eigenvalue weighted by atomic mass is 10.1. The zero-order valence-corrected chi connectivity index (χ0v) is 12.7. The predicted molar refractivity (Wildman–Crippen MR) is 80.0 cm³/mol. The lowest BCUT2D eigenvalue weighted by Crippen LogP contribution is -2.45. The number of carbonyl (C=O) groups is 1. The van der Waals surface area contributed by atoms with Crippen LogP contribution in [0, 0.1) is 11.3 Å². The van der Waals surface area contributed by atoms with Crippen LogP contribution < -0.4 is 5.32 Å². The molecule has 20 heavy (non-hydrogen) atoms. The molecule has 0 radical (unpaired) electrons. The highest BCUT2D eigenvalue weighted by molar-refractivity contribution is 5.78. The van der Waals surface area contributed by atoms with Crippen LogP contribution in [0.15, 0.2) is 24.3 Å². The number of carbonyl (C=O) groups excluding carboxylic acids is 1. The summed E-state index contributed by atoms with van der Waals surface area (Å²) in [5.74, 6) is 0.0239. The van der Waals surface area contributed by atoms with Crippen molar-refractivity contribution in [2.75, 3.05) is 13.1 Å². The first-order valence-corrected chi connectivity index (χ1v) is 6.86. The van der Waals surface area contributed by atoms with Crippen molar-refractivity contribution in [1.29, 1.82) is 5.26 Å². The van der Waals surface area contributed by atoms with E-state index in [1.54, 1.807) is 6.07 Å². The highest BCUT2D eigenvalue weighted by Gasteiger charge is 2.16. The second kappa shape index (κ2) is 7.06. The van der Waals surface area contributed by atoms with Crippen LogP contribution in [0.4, 0.5) is 0 Å². The monoisotopic (exact) mass is 273 g/mol. The maximum absolute atomic E-state index is 11.9. The van der Waals surface area contributed by atoms with Crippen molar-refractivity contribution in [3.05, 3.63) is 35.4 Å². The molecule has 0 unspecified atom stereocenters. The molecule has 108 valence electrons. The first-order valence-electron chi connectivity index (χ1n) is 6.86. The van der Waals surface area contributed by atoms with E-state index in [1.165, 1.54) is 0 Å². The smallest absolute Gasteiger partial charge is 0.234 e. The zero-order chi connectivity index (χ0) is 15.2. The van der Waals surface area contributed by atoms with Crippen molar-refractivity contribution in [2.24, 2.45) is 0 Å². The Morgan fingerprint density at radius 1 is 1.40 bits per heavy atom. The molecule has 1 aromatic carbocycles. The molecule has 1 aromatic rings. The van der Waals surface area contributed by atoms with Crippen LogP contribution in [0.25, 0.3) is 0 Å². The summed E-state index contributed by atoms with van der Waals surface area (Å²) in [6.45, 7) is 9.76. The first-order chi connectivity index (χ1) is 9.34. The van der Waals surface area contributed by atoms with Crippen molar-refractivity contribution < 1.29 is 4.79 Å². The molecule has 0 fully saturated rings. The van der Waals surface area contributed by atoms with Gasteiger partial charge in [0.05, 0.1) is 18.2 Å². The van der Waals surface area contributed by atoms with Crippen molar-refractivity contribution in [2.45, 2.75) is 39.8 Å². The molecular weight excluding hydrogens is 250 g/mol. The van der Waals surface area contributed by atoms with E-state index < -0.39 is 0 Å². The summed E-state index contributed by atoms with van der Waals surface area (Å²) >= 11 is 0. The second-order valence-corrected chi connectivity index (χ2v) is 5.91. The number of rotatable bonds is 5. The fourth-order valence-corrected chi connectivity index (χ4v) is 1.94. The molecule has 0 aliphatic heterocycles. The van der Waals surface area contributed by atoms with Crippen LogP contribution in [0.1, 0.15) is 38.8 Å². The van der Waals surface area contributed by atoms with Gasteiger partial charge in [0.25, 0.3) is 0 Å². The van der Waals surface area contributed by atoms with Gasteiger partial charge < -0.3 is 5.32 Å². The Morgan fingerprint density at radius 2 is 2.10 bits per heavy atom. The molecule has 4 nitrogen and oxygen atoms in total. The Morgan fingerprint density at radius 3 is 2.65 bits per heavy atom. The van der Waals surface area contributed by atoms with Gasteiger partial charge in [0, 0.05) is 12.1 Å². The average Bonchev–Trinajstić information content (AvgIpc) is 2.36. The highest BCUT2D eigenvalue weighted by atomic mass is 16.2. The van der Waals surface area contributed by atoms with E-state index in [0.717, 1.165) is 12.1 Å². The van der Waals surface area contributed by atoms with E-state index in [0.29, 0.717) is 18.7 Å². The van der Waals surface area contributed by atoms with Crippen molar-refractivity contribution in [1.82, 2.24) is 10.2 Å². The summed E-state index contributed by atoms with van der Waals surface area (Å²) in [5, 5.41) is 11.9. The SMILES string of the molecule is CCN(CC(=O)NC(C)(C)C)Cc1cccc(C#N)c1. The van der Waals surface area contributed by atoms with Crippen LogP contribution >= 0.6 is 0 Å². The van der Waals surface area contributed by atoms with E-state index in [-0.39, 0.29) is 11.4 Å². The van der Waals surface area contributed by atoms with Gasteiger partial charge in [-0.15, -0.1) is 0 Å². The molecule has 0 aliphatic carbocycles. The topological polar surface area (TPSA) is 56.1 Å². The molecular formula is C16H23N3O. The Balaban J connectivity index is 2.63. The third kappa shape index (κ3) is 5.85. The number of benzene rings is 1. The number of likely N-dealkylation sites (N-methyl/N-ethyl adjacent to an activating group) is 1. The molecule has 0 aliphatic rings. The maximum Gasteiger partial charge on any atom is 0.234 e. The molecule has 1 rings (SSSR count). The summed E-state index contributed by atoms with van der Waals surface area (Å²) in [7, 11) is 0. The molecule has 0 saturated carbocycles. The summed E-state index contributed by atoms with van der Waals surface area (Å²) in [6.07, 6.45) is 0. The zero-order valence-electron chi connectivity index (χ0n) is 12.7. The molecule has 0 atom stereocenters. The standard InChI is InChI=1S/C16H23N3O/c1-5-19(12-15(20)18-16(2,3)4)11-14-8-6-7-13(9-14)10-17/h6-9H,5,11-12H2,1-4H3,(H,18,20). The minimum absolute atomic E-state index is 0.0239. The van der Waals surface area contributed by atoms with Crippen molar-refractivity contribution in [3.63, 3.8) is 0 Å². The number of hydrogen-bond donors (Lipinski definition) is 1. The van der Waals surface area contributed by atoms with Crippen LogP contribution in [-0.2, 0) is 11.3 Å². The van der Waals surface area contributed by atoms with Gasteiger partial charge in [-0.05, 0) is 45.0 Å². The number of amides is 1. The summed E-state index contributed by atoms with van der Waals surface area (Å²) in [4.78, 5) is 14.0. The van der Waals surface area contributed by atoms with Gasteiger partial charge in [-0.1, -0.05) is 19.1 Å². The summed E-state index contributed by atoms with van der Waals surface area (Å²) in [5.41, 5.74) is 1.49. The molecule has 0 saturated heterocycles. The number of hydrogen-bond acceptors (Lipinski definition) is 3. The molecule has 0 heterocycles. The minimum Gasteiger partial charge on any atom is -0.350 e. The highest BCUT2D eigenvalue weighted by Crippen LogP contribution is 2.08. The Kier molecular flexibility index (Phi) is 5.72. The van der Waals surface area contributed by atoms with E-state index in [9.17, 15) is 4.79 Å². The van der Waals surface area contributed by atoms with Gasteiger partial charge >= 0.3 is 0 Å². The summed E-state index contributed by atoms with van der Waals surface area (Å²) < 4.78 is 0. The lowest BCUT2D eigenvalue weighted by molar-refractivity contribution is -0.123. The molecule has 1 amide bonds. The van der Waals surface area contributed by atoms with Gasteiger partial charge in [-0.2, -0.15) is 5.26 Å². The first kappa shape index (κ1) is 16.2. The summed E-state index contributed by atoms with van der Waals surface area (Å²) in [6, 6.07) is 9.63. The lowest BCUT2D eigenvalue weighted by Gasteiger charge is -2.25. The largest absolute Gasteiger partial charge is 0.350 e. The van der Waals surface area contributed by atoms with Gasteiger partial charge in [-0.25, -0.2) is 0 Å². The predicted octanol–water partition coefficient (Wildman–Crippen LogP) is 2.29. The van der Waals surface area contributed by atoms with Gasteiger partial charge in [0.1, 0.15) is 0 Å². The van der Waals surface area contributed by atoms with Crippen LogP contribution in [0.5, 0.6) is 0 Å². The quantitative estimate of drug-likeness (QED) is 0.895. The van der Waals surface area contributed by atoms with E-state index in [1.807, 2.05) is 45.9 Å². The van der Waals surface area contributed by atoms with Gasteiger partial charge in [0.2, 0.25) is 5.91 Å². The third-order valence-electron chi connectivity index (χ3n) is 2.79. The van der Waals surface area contributed by atoms with Crippen molar-refractivity contribution >= 4 is 5.91 Å². The van der Waals surface area contributed by atoms with Gasteiger partial charge in [-0.3, -0.25) is 9.69 Å². The molecule has 0 spiro atoms. The van der Waals surface area contributed by atoms with Crippen LogP contribution in [0.3, 0.4) is 0 Å². The van der Waals surface area contributed by atoms with E-state index in [4.69, 9.17) is 5.26 Å². The Labute approximate surface area is 121 Å². The maximum atomic E-state index is 11.9. The number of nitriles is 1. The fourth-order valence-electron chi connectivity index (χ4n) is 1.94. The molecule has 0 bridgehead atoms. The normalized spacial score (nSPS) is 11.2. The van der Waals surface area contributed by atoms with Gasteiger partial charge in [0.15, 0.2) is 0 Å². The van der Waals surface area contributed by atoms with Crippen LogP contribution in [-0.4, -0.2) is 29.4 Å². The fraction of sp³-hybridized carbons (Fsp3) is 0.500. The molecule has 0 aromatic heterocycles. The Hall–Kier alpha value is -1.86. The van der Waals surface area contributed by atoms with Crippen molar-refractivity contribution in [3.8, 4) is 6.07 Å². The minimum atomic E-state index is -0.211. The Bertz CT molecular complexity index is 497. The average molecular weight is 273 g/mol. The number of nitrogens with zero attached hydrogens (tertiary/aromatic N) is 2.